The zero-order valence-electron chi connectivity index (χ0n) is 27.5. The molecule has 0 amide bonds. The Balaban J connectivity index is 1.28. The van der Waals surface area contributed by atoms with Gasteiger partial charge in [0.1, 0.15) is 0 Å². The number of aromatic nitrogens is 3. The van der Waals surface area contributed by atoms with Crippen molar-refractivity contribution < 1.29 is 0 Å². The SMILES string of the molecule is Cc1ccc(-c2ccc(-c3nc(-c4ccc(-c5cc(C)cc(C)c5)cc4)nc(-c4ccc(-c5cc(C)cc(C)c5)cc4)n3)cc2)cc1. The van der Waals surface area contributed by atoms with E-state index in [2.05, 4.69) is 168 Å². The lowest BCUT2D eigenvalue weighted by molar-refractivity contribution is 1.07. The first-order valence-electron chi connectivity index (χ1n) is 16.1. The molecule has 6 aromatic carbocycles. The molecule has 3 nitrogen and oxygen atoms in total. The Bertz CT molecular complexity index is 2040. The van der Waals surface area contributed by atoms with Gasteiger partial charge < -0.3 is 0 Å². The smallest absolute Gasteiger partial charge is 0.164 e. The van der Waals surface area contributed by atoms with Crippen molar-refractivity contribution in [2.75, 3.05) is 0 Å². The largest absolute Gasteiger partial charge is 0.208 e. The molecule has 7 rings (SSSR count). The highest BCUT2D eigenvalue weighted by atomic mass is 15.0. The quantitative estimate of drug-likeness (QED) is 0.189. The molecule has 1 heterocycles. The standard InChI is InChI=1S/C44H37N3/c1-28-6-8-33(9-7-28)34-10-16-37(17-11-34)42-45-43(38-18-12-35(13-19-38)40-24-29(2)22-30(3)25-40)47-44(46-42)39-20-14-36(15-21-39)41-26-31(4)23-32(5)27-41/h6-27H,1-5H3. The normalized spacial score (nSPS) is 11.1. The van der Waals surface area contributed by atoms with Gasteiger partial charge in [-0.25, -0.2) is 15.0 Å². The third-order valence-electron chi connectivity index (χ3n) is 8.56. The van der Waals surface area contributed by atoms with E-state index < -0.39 is 0 Å². The fourth-order valence-corrected chi connectivity index (χ4v) is 6.23. The summed E-state index contributed by atoms with van der Waals surface area (Å²) in [7, 11) is 0. The molecule has 0 aliphatic carbocycles. The van der Waals surface area contributed by atoms with Crippen LogP contribution in [0.15, 0.2) is 133 Å². The van der Waals surface area contributed by atoms with Crippen molar-refractivity contribution in [2.45, 2.75) is 34.6 Å². The van der Waals surface area contributed by atoms with Crippen LogP contribution in [0, 0.1) is 34.6 Å². The summed E-state index contributed by atoms with van der Waals surface area (Å²) in [6.07, 6.45) is 0. The van der Waals surface area contributed by atoms with Crippen molar-refractivity contribution in [1.29, 1.82) is 0 Å². The molecule has 3 heteroatoms. The lowest BCUT2D eigenvalue weighted by atomic mass is 9.99. The Morgan fingerprint density at radius 1 is 0.234 bits per heavy atom. The van der Waals surface area contributed by atoms with E-state index in [1.165, 1.54) is 55.6 Å². The van der Waals surface area contributed by atoms with E-state index >= 15 is 0 Å². The van der Waals surface area contributed by atoms with Gasteiger partial charge in [0.15, 0.2) is 17.5 Å². The zero-order valence-corrected chi connectivity index (χ0v) is 27.5. The predicted molar refractivity (Wildman–Crippen MR) is 196 cm³/mol. The minimum absolute atomic E-state index is 0.650. The molecule has 47 heavy (non-hydrogen) atoms. The molecular formula is C44H37N3. The van der Waals surface area contributed by atoms with E-state index in [1.807, 2.05) is 0 Å². The van der Waals surface area contributed by atoms with Crippen LogP contribution < -0.4 is 0 Å². The van der Waals surface area contributed by atoms with Gasteiger partial charge in [0.25, 0.3) is 0 Å². The number of hydrogen-bond donors (Lipinski definition) is 0. The lowest BCUT2D eigenvalue weighted by Crippen LogP contribution is -2.00. The Kier molecular flexibility index (Phi) is 8.05. The Labute approximate surface area is 277 Å². The van der Waals surface area contributed by atoms with Gasteiger partial charge in [-0.05, 0) is 68.0 Å². The van der Waals surface area contributed by atoms with Gasteiger partial charge in [0.05, 0.1) is 0 Å². The van der Waals surface area contributed by atoms with Gasteiger partial charge in [-0.1, -0.05) is 161 Å². The van der Waals surface area contributed by atoms with Gasteiger partial charge in [0.2, 0.25) is 0 Å². The summed E-state index contributed by atoms with van der Waals surface area (Å²) in [6.45, 7) is 10.7. The highest BCUT2D eigenvalue weighted by Crippen LogP contribution is 2.31. The third kappa shape index (κ3) is 6.66. The molecule has 1 aromatic heterocycles. The minimum atomic E-state index is 0.650. The Hall–Kier alpha value is -5.67. The summed E-state index contributed by atoms with van der Waals surface area (Å²) in [6, 6.07) is 47.5. The van der Waals surface area contributed by atoms with Crippen LogP contribution in [-0.2, 0) is 0 Å². The van der Waals surface area contributed by atoms with Crippen LogP contribution in [-0.4, -0.2) is 15.0 Å². The summed E-state index contributed by atoms with van der Waals surface area (Å²) in [5.41, 5.74) is 16.2. The highest BCUT2D eigenvalue weighted by Gasteiger charge is 2.14. The van der Waals surface area contributed by atoms with Crippen molar-refractivity contribution in [3.05, 3.63) is 161 Å². The second kappa shape index (κ2) is 12.6. The van der Waals surface area contributed by atoms with E-state index in [1.54, 1.807) is 0 Å². The summed E-state index contributed by atoms with van der Waals surface area (Å²) < 4.78 is 0. The van der Waals surface area contributed by atoms with Crippen LogP contribution in [0.2, 0.25) is 0 Å². The molecule has 228 valence electrons. The number of benzene rings is 6. The molecule has 0 aliphatic rings. The van der Waals surface area contributed by atoms with Gasteiger partial charge in [0, 0.05) is 16.7 Å². The Morgan fingerprint density at radius 3 is 0.766 bits per heavy atom. The highest BCUT2D eigenvalue weighted by molar-refractivity contribution is 5.74. The van der Waals surface area contributed by atoms with Crippen molar-refractivity contribution in [1.82, 2.24) is 15.0 Å². The van der Waals surface area contributed by atoms with Crippen LogP contribution in [0.1, 0.15) is 27.8 Å². The van der Waals surface area contributed by atoms with Crippen LogP contribution in [0.3, 0.4) is 0 Å². The summed E-state index contributed by atoms with van der Waals surface area (Å²) in [5.74, 6) is 1.95. The first kappa shape index (κ1) is 30.0. The molecular weight excluding hydrogens is 571 g/mol. The number of nitrogens with zero attached hydrogens (tertiary/aromatic N) is 3. The average molecular weight is 608 g/mol. The summed E-state index contributed by atoms with van der Waals surface area (Å²) in [4.78, 5) is 15.0. The molecule has 0 fully saturated rings. The van der Waals surface area contributed by atoms with E-state index in [0.29, 0.717) is 17.5 Å². The first-order chi connectivity index (χ1) is 22.8. The van der Waals surface area contributed by atoms with Crippen molar-refractivity contribution in [3.63, 3.8) is 0 Å². The Morgan fingerprint density at radius 2 is 0.468 bits per heavy atom. The van der Waals surface area contributed by atoms with E-state index in [4.69, 9.17) is 15.0 Å². The second-order valence-electron chi connectivity index (χ2n) is 12.7. The summed E-state index contributed by atoms with van der Waals surface area (Å²) >= 11 is 0. The number of rotatable bonds is 6. The molecule has 0 saturated heterocycles. The van der Waals surface area contributed by atoms with Crippen molar-refractivity contribution >= 4 is 0 Å². The maximum absolute atomic E-state index is 5.01. The molecule has 0 aliphatic heterocycles. The first-order valence-corrected chi connectivity index (χ1v) is 16.1. The second-order valence-corrected chi connectivity index (χ2v) is 12.7. The molecule has 0 spiro atoms. The molecule has 0 N–H and O–H groups in total. The monoisotopic (exact) mass is 607 g/mol. The molecule has 0 unspecified atom stereocenters. The predicted octanol–water partition coefficient (Wildman–Crippen LogP) is 11.4. The average Bonchev–Trinajstić information content (AvgIpc) is 3.08. The molecule has 0 atom stereocenters. The topological polar surface area (TPSA) is 38.7 Å². The van der Waals surface area contributed by atoms with Crippen LogP contribution >= 0.6 is 0 Å². The molecule has 7 aromatic rings. The minimum Gasteiger partial charge on any atom is -0.208 e. The van der Waals surface area contributed by atoms with Crippen LogP contribution in [0.5, 0.6) is 0 Å². The van der Waals surface area contributed by atoms with Gasteiger partial charge in [-0.3, -0.25) is 0 Å². The van der Waals surface area contributed by atoms with Crippen molar-refractivity contribution in [3.8, 4) is 67.5 Å². The van der Waals surface area contributed by atoms with Gasteiger partial charge >= 0.3 is 0 Å². The fraction of sp³-hybridized carbons (Fsp3) is 0.114. The summed E-state index contributed by atoms with van der Waals surface area (Å²) in [5, 5.41) is 0. The van der Waals surface area contributed by atoms with Crippen LogP contribution in [0.4, 0.5) is 0 Å². The number of hydrogen-bond acceptors (Lipinski definition) is 3. The molecule has 0 saturated carbocycles. The van der Waals surface area contributed by atoms with Gasteiger partial charge in [-0.15, -0.1) is 0 Å². The van der Waals surface area contributed by atoms with Gasteiger partial charge in [-0.2, -0.15) is 0 Å². The van der Waals surface area contributed by atoms with Crippen LogP contribution in [0.25, 0.3) is 67.5 Å². The van der Waals surface area contributed by atoms with E-state index in [9.17, 15) is 0 Å². The fourth-order valence-electron chi connectivity index (χ4n) is 6.23. The molecule has 0 bridgehead atoms. The maximum atomic E-state index is 5.01. The number of aryl methyl sites for hydroxylation is 5. The van der Waals surface area contributed by atoms with Crippen molar-refractivity contribution in [2.24, 2.45) is 0 Å². The maximum Gasteiger partial charge on any atom is 0.164 e. The lowest BCUT2D eigenvalue weighted by Gasteiger charge is -2.11. The molecule has 0 radical (unpaired) electrons. The van der Waals surface area contributed by atoms with E-state index in [0.717, 1.165) is 22.3 Å². The van der Waals surface area contributed by atoms with E-state index in [-0.39, 0.29) is 0 Å². The zero-order chi connectivity index (χ0) is 32.5. The third-order valence-corrected chi connectivity index (χ3v) is 8.56.